The van der Waals surface area contributed by atoms with E-state index in [1.807, 2.05) is 0 Å². The number of sulfonamides is 1. The van der Waals surface area contributed by atoms with Gasteiger partial charge in [0.05, 0.1) is 12.0 Å². The highest BCUT2D eigenvalue weighted by Crippen LogP contribution is 2.24. The predicted molar refractivity (Wildman–Crippen MR) is 125 cm³/mol. The van der Waals surface area contributed by atoms with Crippen LogP contribution in [-0.4, -0.2) is 34.0 Å². The van der Waals surface area contributed by atoms with Gasteiger partial charge in [0.25, 0.3) is 15.9 Å². The lowest BCUT2D eigenvalue weighted by Gasteiger charge is -2.14. The normalized spacial score (nSPS) is 10.9. The molecule has 2 N–H and O–H groups in total. The first kappa shape index (κ1) is 24.7. The molecule has 0 spiro atoms. The van der Waals surface area contributed by atoms with Gasteiger partial charge in [0, 0.05) is 16.9 Å². The molecule has 178 valence electrons. The number of aryl methyl sites for hydroxylation is 2. The summed E-state index contributed by atoms with van der Waals surface area (Å²) in [6.45, 7) is 3.20. The predicted octanol–water partition coefficient (Wildman–Crippen LogP) is 4.05. The standard InChI is InChI=1S/C24H23FN2O6S/c1-15-4-10-20(34(30,31)27-18-7-5-17(25)6-8-18)13-21(15)24(29)26-22-11-9-19(12-16(22)2)33-14-23(28)32-3/h4-13,27H,14H2,1-3H3,(H,26,29). The highest BCUT2D eigenvalue weighted by molar-refractivity contribution is 7.92. The molecule has 0 unspecified atom stereocenters. The molecule has 1 amide bonds. The van der Waals surface area contributed by atoms with E-state index in [9.17, 15) is 22.4 Å². The Morgan fingerprint density at radius 2 is 1.65 bits per heavy atom. The summed E-state index contributed by atoms with van der Waals surface area (Å²) in [5.41, 5.74) is 2.11. The monoisotopic (exact) mass is 486 g/mol. The van der Waals surface area contributed by atoms with E-state index in [1.165, 1.54) is 37.4 Å². The smallest absolute Gasteiger partial charge is 0.343 e. The number of nitrogens with one attached hydrogen (secondary N) is 2. The van der Waals surface area contributed by atoms with Crippen LogP contribution in [0.25, 0.3) is 0 Å². The molecule has 0 aliphatic heterocycles. The molecule has 10 heteroatoms. The van der Waals surface area contributed by atoms with Crippen LogP contribution >= 0.6 is 0 Å². The van der Waals surface area contributed by atoms with Gasteiger partial charge in [-0.2, -0.15) is 0 Å². The van der Waals surface area contributed by atoms with Crippen molar-refractivity contribution in [3.63, 3.8) is 0 Å². The molecule has 0 aromatic heterocycles. The Kier molecular flexibility index (Phi) is 7.52. The minimum atomic E-state index is -4.01. The summed E-state index contributed by atoms with van der Waals surface area (Å²) >= 11 is 0. The molecule has 0 atom stereocenters. The molecule has 0 fully saturated rings. The van der Waals surface area contributed by atoms with Crippen molar-refractivity contribution in [2.75, 3.05) is 23.8 Å². The maximum absolute atomic E-state index is 13.1. The number of rotatable bonds is 8. The minimum Gasteiger partial charge on any atom is -0.482 e. The van der Waals surface area contributed by atoms with Crippen molar-refractivity contribution in [1.29, 1.82) is 0 Å². The Morgan fingerprint density at radius 3 is 2.29 bits per heavy atom. The number of ether oxygens (including phenoxy) is 2. The highest BCUT2D eigenvalue weighted by atomic mass is 32.2. The number of carbonyl (C=O) groups is 2. The number of carbonyl (C=O) groups excluding carboxylic acids is 2. The maximum Gasteiger partial charge on any atom is 0.343 e. The van der Waals surface area contributed by atoms with Gasteiger partial charge in [0.2, 0.25) is 0 Å². The van der Waals surface area contributed by atoms with Crippen molar-refractivity contribution >= 4 is 33.3 Å². The Labute approximate surface area is 196 Å². The molecule has 0 heterocycles. The zero-order valence-corrected chi connectivity index (χ0v) is 19.5. The molecule has 0 bridgehead atoms. The Bertz CT molecular complexity index is 1320. The van der Waals surface area contributed by atoms with E-state index in [0.29, 0.717) is 22.6 Å². The second kappa shape index (κ2) is 10.3. The number of anilines is 2. The van der Waals surface area contributed by atoms with Crippen LogP contribution in [0.1, 0.15) is 21.5 Å². The number of methoxy groups -OCH3 is 1. The van der Waals surface area contributed by atoms with Gasteiger partial charge in [0.1, 0.15) is 11.6 Å². The number of benzene rings is 3. The fourth-order valence-corrected chi connectivity index (χ4v) is 4.09. The van der Waals surface area contributed by atoms with Crippen LogP contribution in [-0.2, 0) is 19.6 Å². The lowest BCUT2D eigenvalue weighted by Crippen LogP contribution is -2.17. The van der Waals surface area contributed by atoms with Crippen LogP contribution in [0.15, 0.2) is 65.6 Å². The molecular weight excluding hydrogens is 463 g/mol. The third kappa shape index (κ3) is 6.10. The minimum absolute atomic E-state index is 0.115. The fourth-order valence-electron chi connectivity index (χ4n) is 3.00. The number of esters is 1. The highest BCUT2D eigenvalue weighted by Gasteiger charge is 2.19. The average molecular weight is 487 g/mol. The van der Waals surface area contributed by atoms with Gasteiger partial charge in [-0.25, -0.2) is 17.6 Å². The van der Waals surface area contributed by atoms with Gasteiger partial charge in [-0.3, -0.25) is 9.52 Å². The second-order valence-electron chi connectivity index (χ2n) is 7.38. The van der Waals surface area contributed by atoms with E-state index in [0.717, 1.165) is 12.1 Å². The van der Waals surface area contributed by atoms with Crippen LogP contribution in [0.5, 0.6) is 5.75 Å². The molecule has 0 aliphatic carbocycles. The van der Waals surface area contributed by atoms with Gasteiger partial charge in [-0.1, -0.05) is 6.07 Å². The van der Waals surface area contributed by atoms with E-state index in [4.69, 9.17) is 4.74 Å². The molecule has 0 saturated carbocycles. The first-order valence-corrected chi connectivity index (χ1v) is 11.6. The van der Waals surface area contributed by atoms with Crippen molar-refractivity contribution in [3.05, 3.63) is 83.2 Å². The van der Waals surface area contributed by atoms with Crippen LogP contribution in [0, 0.1) is 19.7 Å². The van der Waals surface area contributed by atoms with Crippen LogP contribution in [0.2, 0.25) is 0 Å². The molecule has 0 radical (unpaired) electrons. The zero-order valence-electron chi connectivity index (χ0n) is 18.7. The van der Waals surface area contributed by atoms with Crippen LogP contribution in [0.3, 0.4) is 0 Å². The third-order valence-electron chi connectivity index (χ3n) is 4.89. The molecule has 0 aliphatic rings. The number of hydrogen-bond acceptors (Lipinski definition) is 6. The SMILES string of the molecule is COC(=O)COc1ccc(NC(=O)c2cc(S(=O)(=O)Nc3ccc(F)cc3)ccc2C)c(C)c1. The van der Waals surface area contributed by atoms with E-state index < -0.39 is 27.7 Å². The second-order valence-corrected chi connectivity index (χ2v) is 9.07. The largest absolute Gasteiger partial charge is 0.482 e. The van der Waals surface area contributed by atoms with Crippen molar-refractivity contribution in [1.82, 2.24) is 0 Å². The fraction of sp³-hybridized carbons (Fsp3) is 0.167. The van der Waals surface area contributed by atoms with Gasteiger partial charge in [0.15, 0.2) is 6.61 Å². The van der Waals surface area contributed by atoms with E-state index in [2.05, 4.69) is 14.8 Å². The molecule has 3 aromatic carbocycles. The maximum atomic E-state index is 13.1. The van der Waals surface area contributed by atoms with Crippen molar-refractivity contribution < 1.29 is 31.9 Å². The van der Waals surface area contributed by atoms with Crippen molar-refractivity contribution in [2.24, 2.45) is 0 Å². The molecule has 0 saturated heterocycles. The van der Waals surface area contributed by atoms with E-state index in [1.54, 1.807) is 32.0 Å². The molecule has 34 heavy (non-hydrogen) atoms. The molecule has 3 rings (SSSR count). The lowest BCUT2D eigenvalue weighted by atomic mass is 10.1. The van der Waals surface area contributed by atoms with Gasteiger partial charge in [-0.15, -0.1) is 0 Å². The topological polar surface area (TPSA) is 111 Å². The Hall–Kier alpha value is -3.92. The molecule has 8 nitrogen and oxygen atoms in total. The number of amides is 1. The van der Waals surface area contributed by atoms with Gasteiger partial charge < -0.3 is 14.8 Å². The van der Waals surface area contributed by atoms with E-state index in [-0.39, 0.29) is 22.8 Å². The summed E-state index contributed by atoms with van der Waals surface area (Å²) in [6.07, 6.45) is 0. The van der Waals surface area contributed by atoms with Gasteiger partial charge in [-0.05, 0) is 79.6 Å². The number of halogens is 1. The van der Waals surface area contributed by atoms with Crippen LogP contribution < -0.4 is 14.8 Å². The summed E-state index contributed by atoms with van der Waals surface area (Å²) in [6, 6.07) is 13.9. The summed E-state index contributed by atoms with van der Waals surface area (Å²) in [5.74, 6) is -1.08. The number of hydrogen-bond donors (Lipinski definition) is 2. The Morgan fingerprint density at radius 1 is 0.941 bits per heavy atom. The first-order chi connectivity index (χ1) is 16.1. The van der Waals surface area contributed by atoms with Crippen molar-refractivity contribution in [2.45, 2.75) is 18.7 Å². The summed E-state index contributed by atoms with van der Waals surface area (Å²) in [4.78, 5) is 24.0. The summed E-state index contributed by atoms with van der Waals surface area (Å²) in [7, 11) is -2.75. The van der Waals surface area contributed by atoms with Gasteiger partial charge >= 0.3 is 5.97 Å². The third-order valence-corrected chi connectivity index (χ3v) is 6.27. The average Bonchev–Trinajstić information content (AvgIpc) is 2.80. The quantitative estimate of drug-likeness (QED) is 0.465. The Balaban J connectivity index is 1.78. The first-order valence-electron chi connectivity index (χ1n) is 10.1. The molecule has 3 aromatic rings. The van der Waals surface area contributed by atoms with E-state index >= 15 is 0 Å². The zero-order chi connectivity index (χ0) is 24.9. The van der Waals surface area contributed by atoms with Crippen LogP contribution in [0.4, 0.5) is 15.8 Å². The lowest BCUT2D eigenvalue weighted by molar-refractivity contribution is -0.142. The summed E-state index contributed by atoms with van der Waals surface area (Å²) < 4.78 is 50.9. The van der Waals surface area contributed by atoms with Crippen molar-refractivity contribution in [3.8, 4) is 5.75 Å². The molecular formula is C24H23FN2O6S. The summed E-state index contributed by atoms with van der Waals surface area (Å²) in [5, 5.41) is 2.76.